The molecule has 0 bridgehead atoms. The zero-order valence-electron chi connectivity index (χ0n) is 13.4. The number of amides is 1. The van der Waals surface area contributed by atoms with Gasteiger partial charge < -0.3 is 4.90 Å². The van der Waals surface area contributed by atoms with E-state index in [9.17, 15) is 9.18 Å². The molecule has 2 aromatic carbocycles. The molecule has 0 spiro atoms. The largest absolute Gasteiger partial charge is 0.341 e. The second kappa shape index (κ2) is 6.36. The lowest BCUT2D eigenvalue weighted by Crippen LogP contribution is -2.36. The van der Waals surface area contributed by atoms with Crippen molar-refractivity contribution in [2.75, 3.05) is 13.3 Å². The van der Waals surface area contributed by atoms with Gasteiger partial charge in [-0.05, 0) is 54.5 Å². The minimum Gasteiger partial charge on any atom is -0.341 e. The number of carbonyl (C=O) groups is 1. The van der Waals surface area contributed by atoms with Gasteiger partial charge >= 0.3 is 0 Å². The molecule has 0 aromatic heterocycles. The monoisotopic (exact) mass is 329 g/mol. The van der Waals surface area contributed by atoms with Gasteiger partial charge in [-0.25, -0.2) is 4.39 Å². The van der Waals surface area contributed by atoms with Gasteiger partial charge in [0.15, 0.2) is 0 Å². The highest BCUT2D eigenvalue weighted by molar-refractivity contribution is 7.98. The van der Waals surface area contributed by atoms with E-state index < -0.39 is 5.41 Å². The molecule has 4 heteroatoms. The Labute approximate surface area is 140 Å². The van der Waals surface area contributed by atoms with E-state index in [0.717, 1.165) is 24.0 Å². The number of benzene rings is 2. The van der Waals surface area contributed by atoms with E-state index in [1.54, 1.807) is 28.8 Å². The smallest absolute Gasteiger partial charge is 0.233 e. The third-order valence-corrected chi connectivity index (χ3v) is 5.18. The standard InChI is InChI=1S/C19H20FNOS/c1-21(13-14-4-3-5-17(12-14)23-2)18(22)19(10-11-19)15-6-8-16(20)9-7-15/h3-9,12H,10-11,13H2,1-2H3. The van der Waals surface area contributed by atoms with Gasteiger partial charge in [0.2, 0.25) is 5.91 Å². The van der Waals surface area contributed by atoms with Gasteiger partial charge in [-0.1, -0.05) is 24.3 Å². The van der Waals surface area contributed by atoms with Crippen LogP contribution in [0.5, 0.6) is 0 Å². The molecular weight excluding hydrogens is 309 g/mol. The lowest BCUT2D eigenvalue weighted by atomic mass is 9.94. The molecular formula is C19H20FNOS. The van der Waals surface area contributed by atoms with Crippen LogP contribution in [0, 0.1) is 5.82 Å². The Kier molecular flexibility index (Phi) is 4.44. The molecule has 0 heterocycles. The van der Waals surface area contributed by atoms with Crippen molar-refractivity contribution in [1.29, 1.82) is 0 Å². The van der Waals surface area contributed by atoms with Crippen molar-refractivity contribution in [3.63, 3.8) is 0 Å². The fourth-order valence-electron chi connectivity index (χ4n) is 3.00. The van der Waals surface area contributed by atoms with E-state index in [-0.39, 0.29) is 11.7 Å². The minimum absolute atomic E-state index is 0.124. The maximum Gasteiger partial charge on any atom is 0.233 e. The number of hydrogen-bond donors (Lipinski definition) is 0. The first-order chi connectivity index (χ1) is 11.0. The number of hydrogen-bond acceptors (Lipinski definition) is 2. The molecule has 120 valence electrons. The highest BCUT2D eigenvalue weighted by atomic mass is 32.2. The van der Waals surface area contributed by atoms with E-state index in [1.807, 2.05) is 25.4 Å². The molecule has 2 aromatic rings. The molecule has 1 aliphatic carbocycles. The Morgan fingerprint density at radius 3 is 2.52 bits per heavy atom. The van der Waals surface area contributed by atoms with Crippen LogP contribution in [0.15, 0.2) is 53.4 Å². The summed E-state index contributed by atoms with van der Waals surface area (Å²) < 4.78 is 13.1. The summed E-state index contributed by atoms with van der Waals surface area (Å²) in [4.78, 5) is 15.9. The number of likely N-dealkylation sites (N-methyl/N-ethyl adjacent to an activating group) is 1. The Hall–Kier alpha value is -1.81. The highest BCUT2D eigenvalue weighted by Crippen LogP contribution is 2.49. The van der Waals surface area contributed by atoms with Gasteiger partial charge in [0.05, 0.1) is 5.41 Å². The first-order valence-corrected chi connectivity index (χ1v) is 8.92. The fourth-order valence-corrected chi connectivity index (χ4v) is 3.49. The average molecular weight is 329 g/mol. The zero-order valence-corrected chi connectivity index (χ0v) is 14.2. The van der Waals surface area contributed by atoms with Gasteiger partial charge in [0, 0.05) is 18.5 Å². The maximum atomic E-state index is 13.1. The van der Waals surface area contributed by atoms with Crippen LogP contribution in [-0.4, -0.2) is 24.1 Å². The summed E-state index contributed by atoms with van der Waals surface area (Å²) in [6, 6.07) is 14.6. The molecule has 0 saturated heterocycles. The summed E-state index contributed by atoms with van der Waals surface area (Å²) in [6.45, 7) is 0.593. The normalized spacial score (nSPS) is 15.3. The maximum absolute atomic E-state index is 13.1. The van der Waals surface area contributed by atoms with Crippen LogP contribution in [0.2, 0.25) is 0 Å². The molecule has 23 heavy (non-hydrogen) atoms. The zero-order chi connectivity index (χ0) is 16.4. The Morgan fingerprint density at radius 1 is 1.22 bits per heavy atom. The summed E-state index contributed by atoms with van der Waals surface area (Å²) in [5.41, 5.74) is 1.61. The number of carbonyl (C=O) groups excluding carboxylic acids is 1. The molecule has 1 amide bonds. The van der Waals surface area contributed by atoms with Crippen molar-refractivity contribution in [3.8, 4) is 0 Å². The van der Waals surface area contributed by atoms with Crippen LogP contribution in [-0.2, 0) is 16.8 Å². The third-order valence-electron chi connectivity index (χ3n) is 4.46. The molecule has 2 nitrogen and oxygen atoms in total. The Bertz CT molecular complexity index is 710. The molecule has 1 fully saturated rings. The number of thioether (sulfide) groups is 1. The summed E-state index contributed by atoms with van der Waals surface area (Å²) in [5, 5.41) is 0. The van der Waals surface area contributed by atoms with Gasteiger partial charge in [-0.2, -0.15) is 0 Å². The van der Waals surface area contributed by atoms with E-state index in [1.165, 1.54) is 17.0 Å². The minimum atomic E-state index is -0.445. The predicted molar refractivity (Wildman–Crippen MR) is 92.0 cm³/mol. The molecule has 1 saturated carbocycles. The fraction of sp³-hybridized carbons (Fsp3) is 0.316. The van der Waals surface area contributed by atoms with Crippen molar-refractivity contribution < 1.29 is 9.18 Å². The SMILES string of the molecule is CSc1cccc(CN(C)C(=O)C2(c3ccc(F)cc3)CC2)c1. The second-order valence-electron chi connectivity index (χ2n) is 6.10. The van der Waals surface area contributed by atoms with Crippen LogP contribution in [0.25, 0.3) is 0 Å². The van der Waals surface area contributed by atoms with Crippen molar-refractivity contribution in [2.45, 2.75) is 29.7 Å². The van der Waals surface area contributed by atoms with E-state index >= 15 is 0 Å². The number of rotatable bonds is 5. The van der Waals surface area contributed by atoms with Crippen molar-refractivity contribution in [3.05, 3.63) is 65.5 Å². The topological polar surface area (TPSA) is 20.3 Å². The number of nitrogens with zero attached hydrogens (tertiary/aromatic N) is 1. The van der Waals surface area contributed by atoms with Crippen LogP contribution < -0.4 is 0 Å². The lowest BCUT2D eigenvalue weighted by molar-refractivity contribution is -0.133. The van der Waals surface area contributed by atoms with Crippen molar-refractivity contribution in [1.82, 2.24) is 4.90 Å². The molecule has 3 rings (SSSR count). The highest BCUT2D eigenvalue weighted by Gasteiger charge is 2.52. The van der Waals surface area contributed by atoms with Crippen LogP contribution in [0.3, 0.4) is 0 Å². The predicted octanol–water partition coefficient (Wildman–Crippen LogP) is 4.24. The van der Waals surface area contributed by atoms with E-state index in [2.05, 4.69) is 12.1 Å². The summed E-state index contributed by atoms with van der Waals surface area (Å²) in [6.07, 6.45) is 3.72. The van der Waals surface area contributed by atoms with Crippen LogP contribution >= 0.6 is 11.8 Å². The quantitative estimate of drug-likeness (QED) is 0.765. The van der Waals surface area contributed by atoms with Gasteiger partial charge in [0.1, 0.15) is 5.82 Å². The van der Waals surface area contributed by atoms with Gasteiger partial charge in [-0.3, -0.25) is 4.79 Å². The molecule has 0 atom stereocenters. The van der Waals surface area contributed by atoms with E-state index in [0.29, 0.717) is 6.54 Å². The van der Waals surface area contributed by atoms with Crippen molar-refractivity contribution >= 4 is 17.7 Å². The second-order valence-corrected chi connectivity index (χ2v) is 6.98. The molecule has 0 unspecified atom stereocenters. The first-order valence-electron chi connectivity index (χ1n) is 7.70. The molecule has 0 aliphatic heterocycles. The number of halogens is 1. The van der Waals surface area contributed by atoms with E-state index in [4.69, 9.17) is 0 Å². The molecule has 0 radical (unpaired) electrons. The Morgan fingerprint density at radius 2 is 1.91 bits per heavy atom. The van der Waals surface area contributed by atoms with Crippen LogP contribution in [0.4, 0.5) is 4.39 Å². The lowest BCUT2D eigenvalue weighted by Gasteiger charge is -2.24. The molecule has 1 aliphatic rings. The summed E-state index contributed by atoms with van der Waals surface area (Å²) in [5.74, 6) is -0.141. The van der Waals surface area contributed by atoms with Crippen molar-refractivity contribution in [2.24, 2.45) is 0 Å². The third kappa shape index (κ3) is 3.27. The summed E-state index contributed by atoms with van der Waals surface area (Å²) >= 11 is 1.70. The Balaban J connectivity index is 1.75. The van der Waals surface area contributed by atoms with Gasteiger partial charge in [0.25, 0.3) is 0 Å². The van der Waals surface area contributed by atoms with Gasteiger partial charge in [-0.15, -0.1) is 11.8 Å². The summed E-state index contributed by atoms with van der Waals surface area (Å²) in [7, 11) is 1.84. The molecule has 0 N–H and O–H groups in total. The van der Waals surface area contributed by atoms with Crippen LogP contribution in [0.1, 0.15) is 24.0 Å². The first kappa shape index (κ1) is 16.1. The average Bonchev–Trinajstić information content (AvgIpc) is 3.36.